The van der Waals surface area contributed by atoms with E-state index in [1.165, 1.54) is 6.08 Å². The van der Waals surface area contributed by atoms with Crippen LogP contribution < -0.4 is 10.6 Å². The second-order valence-electron chi connectivity index (χ2n) is 6.07. The molecule has 0 saturated heterocycles. The summed E-state index contributed by atoms with van der Waals surface area (Å²) < 4.78 is 0. The number of carbonyl (C=O) groups is 2. The van der Waals surface area contributed by atoms with E-state index in [9.17, 15) is 14.7 Å². The Morgan fingerprint density at radius 3 is 2.39 bits per heavy atom. The highest BCUT2D eigenvalue weighted by molar-refractivity contribution is 5.94. The van der Waals surface area contributed by atoms with E-state index < -0.39 is 5.54 Å². The summed E-state index contributed by atoms with van der Waals surface area (Å²) in [4.78, 5) is 23.5. The van der Waals surface area contributed by atoms with E-state index in [0.717, 1.165) is 37.7 Å². The minimum atomic E-state index is -0.480. The van der Waals surface area contributed by atoms with Gasteiger partial charge in [0, 0.05) is 12.1 Å². The maximum absolute atomic E-state index is 12.4. The first-order valence-corrected chi connectivity index (χ1v) is 8.01. The number of hydrogen-bond donors (Lipinski definition) is 3. The van der Waals surface area contributed by atoms with Gasteiger partial charge in [0.2, 0.25) is 5.91 Å². The molecule has 3 N–H and O–H groups in total. The second kappa shape index (κ2) is 7.92. The zero-order valence-electron chi connectivity index (χ0n) is 13.3. The fraction of sp³-hybridized carbons (Fsp3) is 0.444. The maximum atomic E-state index is 12.4. The molecule has 0 radical (unpaired) electrons. The van der Waals surface area contributed by atoms with Gasteiger partial charge in [-0.25, -0.2) is 0 Å². The lowest BCUT2D eigenvalue weighted by Crippen LogP contribution is -2.52. The van der Waals surface area contributed by atoms with Crippen molar-refractivity contribution in [2.24, 2.45) is 0 Å². The standard InChI is InChI=1S/C18H24N2O3/c1-2-16(22)19-12-14-6-8-15(9-7-14)17(23)20-18(13-21)10-4-3-5-11-18/h2,6-9,21H,1,3-5,10-13H2,(H,19,22)(H,20,23). The van der Waals surface area contributed by atoms with E-state index in [-0.39, 0.29) is 18.4 Å². The van der Waals surface area contributed by atoms with Crippen LogP contribution in [0.15, 0.2) is 36.9 Å². The number of rotatable bonds is 6. The van der Waals surface area contributed by atoms with Gasteiger partial charge in [0.05, 0.1) is 12.1 Å². The van der Waals surface area contributed by atoms with Crippen molar-refractivity contribution in [2.45, 2.75) is 44.2 Å². The number of amides is 2. The number of aliphatic hydroxyl groups is 1. The van der Waals surface area contributed by atoms with Crippen LogP contribution in [-0.2, 0) is 11.3 Å². The Morgan fingerprint density at radius 2 is 1.83 bits per heavy atom. The Kier molecular flexibility index (Phi) is 5.93. The molecule has 0 aromatic heterocycles. The van der Waals surface area contributed by atoms with Crippen LogP contribution >= 0.6 is 0 Å². The van der Waals surface area contributed by atoms with Crippen LogP contribution in [0.25, 0.3) is 0 Å². The molecule has 0 unspecified atom stereocenters. The highest BCUT2D eigenvalue weighted by atomic mass is 16.3. The van der Waals surface area contributed by atoms with E-state index in [1.807, 2.05) is 12.1 Å². The first kappa shape index (κ1) is 17.2. The van der Waals surface area contributed by atoms with E-state index in [0.29, 0.717) is 12.1 Å². The van der Waals surface area contributed by atoms with Gasteiger partial charge in [-0.3, -0.25) is 9.59 Å². The quantitative estimate of drug-likeness (QED) is 0.702. The monoisotopic (exact) mass is 316 g/mol. The predicted octanol–water partition coefficient (Wildman–Crippen LogP) is 1.91. The molecule has 1 aliphatic rings. The molecule has 5 heteroatoms. The lowest BCUT2D eigenvalue weighted by molar-refractivity contribution is -0.116. The lowest BCUT2D eigenvalue weighted by Gasteiger charge is -2.36. The minimum Gasteiger partial charge on any atom is -0.394 e. The maximum Gasteiger partial charge on any atom is 0.251 e. The second-order valence-corrected chi connectivity index (χ2v) is 6.07. The Labute approximate surface area is 136 Å². The summed E-state index contributed by atoms with van der Waals surface area (Å²) in [7, 11) is 0. The van der Waals surface area contributed by atoms with E-state index in [4.69, 9.17) is 0 Å². The van der Waals surface area contributed by atoms with Gasteiger partial charge in [-0.1, -0.05) is 38.0 Å². The molecular weight excluding hydrogens is 292 g/mol. The Balaban J connectivity index is 1.96. The molecule has 1 saturated carbocycles. The highest BCUT2D eigenvalue weighted by Gasteiger charge is 2.33. The van der Waals surface area contributed by atoms with Gasteiger partial charge in [-0.2, -0.15) is 0 Å². The van der Waals surface area contributed by atoms with Crippen molar-refractivity contribution in [3.8, 4) is 0 Å². The summed E-state index contributed by atoms with van der Waals surface area (Å²) >= 11 is 0. The van der Waals surface area contributed by atoms with Crippen molar-refractivity contribution in [2.75, 3.05) is 6.61 Å². The molecule has 5 nitrogen and oxygen atoms in total. The molecular formula is C18H24N2O3. The molecule has 2 rings (SSSR count). The van der Waals surface area contributed by atoms with Crippen LogP contribution in [0.2, 0.25) is 0 Å². The number of hydrogen-bond acceptors (Lipinski definition) is 3. The Hall–Kier alpha value is -2.14. The average Bonchev–Trinajstić information content (AvgIpc) is 2.60. The molecule has 0 aliphatic heterocycles. The molecule has 0 atom stereocenters. The summed E-state index contributed by atoms with van der Waals surface area (Å²) in [6.45, 7) is 3.77. The van der Waals surface area contributed by atoms with Crippen molar-refractivity contribution in [1.82, 2.24) is 10.6 Å². The number of carbonyl (C=O) groups excluding carboxylic acids is 2. The Morgan fingerprint density at radius 1 is 1.17 bits per heavy atom. The molecule has 0 heterocycles. The summed E-state index contributed by atoms with van der Waals surface area (Å²) in [6.07, 6.45) is 6.08. The van der Waals surface area contributed by atoms with Crippen LogP contribution in [0, 0.1) is 0 Å². The van der Waals surface area contributed by atoms with Crippen molar-refractivity contribution < 1.29 is 14.7 Å². The van der Waals surface area contributed by atoms with Gasteiger partial charge in [0.1, 0.15) is 0 Å². The number of nitrogens with one attached hydrogen (secondary N) is 2. The van der Waals surface area contributed by atoms with Gasteiger partial charge in [0.25, 0.3) is 5.91 Å². The van der Waals surface area contributed by atoms with Gasteiger partial charge in [0.15, 0.2) is 0 Å². The zero-order valence-corrected chi connectivity index (χ0v) is 13.3. The van der Waals surface area contributed by atoms with Gasteiger partial charge in [-0.05, 0) is 36.6 Å². The van der Waals surface area contributed by atoms with Crippen molar-refractivity contribution in [3.05, 3.63) is 48.0 Å². The normalized spacial score (nSPS) is 16.4. The van der Waals surface area contributed by atoms with Crippen molar-refractivity contribution >= 4 is 11.8 Å². The topological polar surface area (TPSA) is 78.4 Å². The highest BCUT2D eigenvalue weighted by Crippen LogP contribution is 2.28. The minimum absolute atomic E-state index is 0.0234. The molecule has 0 bridgehead atoms. The lowest BCUT2D eigenvalue weighted by atomic mass is 9.82. The zero-order chi connectivity index (χ0) is 16.7. The molecule has 124 valence electrons. The van der Waals surface area contributed by atoms with Crippen LogP contribution in [0.4, 0.5) is 0 Å². The molecule has 2 amide bonds. The third-order valence-electron chi connectivity index (χ3n) is 4.36. The number of benzene rings is 1. The molecule has 1 aliphatic carbocycles. The van der Waals surface area contributed by atoms with Crippen LogP contribution in [0.1, 0.15) is 48.0 Å². The van der Waals surface area contributed by atoms with Crippen LogP contribution in [0.3, 0.4) is 0 Å². The Bertz CT molecular complexity index is 560. The molecule has 1 fully saturated rings. The largest absolute Gasteiger partial charge is 0.394 e. The molecule has 1 aromatic carbocycles. The molecule has 0 spiro atoms. The predicted molar refractivity (Wildman–Crippen MR) is 88.9 cm³/mol. The summed E-state index contributed by atoms with van der Waals surface area (Å²) in [5, 5.41) is 15.4. The first-order chi connectivity index (χ1) is 11.1. The molecule has 1 aromatic rings. The average molecular weight is 316 g/mol. The van der Waals surface area contributed by atoms with E-state index >= 15 is 0 Å². The van der Waals surface area contributed by atoms with Crippen LogP contribution in [-0.4, -0.2) is 29.1 Å². The van der Waals surface area contributed by atoms with Gasteiger partial charge >= 0.3 is 0 Å². The van der Waals surface area contributed by atoms with Gasteiger partial charge < -0.3 is 15.7 Å². The SMILES string of the molecule is C=CC(=O)NCc1ccc(C(=O)NC2(CO)CCCCC2)cc1. The number of aliphatic hydroxyl groups excluding tert-OH is 1. The van der Waals surface area contributed by atoms with E-state index in [1.54, 1.807) is 12.1 Å². The smallest absolute Gasteiger partial charge is 0.251 e. The van der Waals surface area contributed by atoms with Crippen molar-refractivity contribution in [3.63, 3.8) is 0 Å². The third-order valence-corrected chi connectivity index (χ3v) is 4.36. The van der Waals surface area contributed by atoms with Crippen LogP contribution in [0.5, 0.6) is 0 Å². The van der Waals surface area contributed by atoms with Crippen molar-refractivity contribution in [1.29, 1.82) is 0 Å². The summed E-state index contributed by atoms with van der Waals surface area (Å²) in [5.41, 5.74) is 0.986. The van der Waals surface area contributed by atoms with E-state index in [2.05, 4.69) is 17.2 Å². The van der Waals surface area contributed by atoms with Gasteiger partial charge in [-0.15, -0.1) is 0 Å². The fourth-order valence-corrected chi connectivity index (χ4v) is 2.90. The summed E-state index contributed by atoms with van der Waals surface area (Å²) in [6, 6.07) is 7.09. The third kappa shape index (κ3) is 4.66. The molecule has 23 heavy (non-hydrogen) atoms. The summed E-state index contributed by atoms with van der Waals surface area (Å²) in [5.74, 6) is -0.392. The fourth-order valence-electron chi connectivity index (χ4n) is 2.90. The first-order valence-electron chi connectivity index (χ1n) is 8.01.